The fraction of sp³-hybridized carbons (Fsp3) is 0.700. The summed E-state index contributed by atoms with van der Waals surface area (Å²) in [5.74, 6) is -0.422. The molecule has 0 aromatic rings. The molecule has 4 nitrogen and oxygen atoms in total. The third-order valence-corrected chi connectivity index (χ3v) is 1.01. The molecule has 0 aromatic heterocycles. The summed E-state index contributed by atoms with van der Waals surface area (Å²) in [7, 11) is 6.00. The zero-order chi connectivity index (χ0) is 11.7. The van der Waals surface area contributed by atoms with Crippen molar-refractivity contribution in [2.24, 2.45) is 5.73 Å². The summed E-state index contributed by atoms with van der Waals surface area (Å²) in [6.07, 6.45) is 0.128. The number of esters is 1. The summed E-state index contributed by atoms with van der Waals surface area (Å²) < 4.78 is 4.70. The van der Waals surface area contributed by atoms with E-state index >= 15 is 0 Å². The largest absolute Gasteiger partial charge is 0.443 e. The van der Waals surface area contributed by atoms with Crippen LogP contribution in [0.25, 0.3) is 0 Å². The maximum atomic E-state index is 10.7. The quantitative estimate of drug-likeness (QED) is 0.459. The summed E-state index contributed by atoms with van der Waals surface area (Å²) in [6.45, 7) is 6.84. The van der Waals surface area contributed by atoms with Crippen molar-refractivity contribution >= 4 is 18.4 Å². The van der Waals surface area contributed by atoms with Gasteiger partial charge in [0.25, 0.3) is 0 Å². The molecule has 5 heteroatoms. The van der Waals surface area contributed by atoms with Crippen molar-refractivity contribution in [1.82, 2.24) is 4.90 Å². The first-order valence-corrected chi connectivity index (χ1v) is 4.54. The number of carbonyl (C=O) groups is 1. The van der Waals surface area contributed by atoms with Crippen molar-refractivity contribution in [2.45, 2.75) is 26.5 Å². The van der Waals surface area contributed by atoms with Gasteiger partial charge in [0, 0.05) is 5.57 Å². The Morgan fingerprint density at radius 1 is 1.47 bits per heavy atom. The van der Waals surface area contributed by atoms with Crippen LogP contribution in [-0.4, -0.2) is 38.2 Å². The van der Waals surface area contributed by atoms with E-state index < -0.39 is 12.2 Å². The van der Waals surface area contributed by atoms with Gasteiger partial charge in [0.1, 0.15) is 0 Å². The molecule has 0 heterocycles. The van der Waals surface area contributed by atoms with E-state index in [0.29, 0.717) is 12.0 Å². The highest BCUT2D eigenvalue weighted by Crippen LogP contribution is 1.96. The van der Waals surface area contributed by atoms with E-state index in [2.05, 4.69) is 6.58 Å². The Morgan fingerprint density at radius 3 is 2.00 bits per heavy atom. The molecule has 92 valence electrons. The van der Waals surface area contributed by atoms with Gasteiger partial charge in [0.15, 0.2) is 6.23 Å². The normalized spacial score (nSPS) is 10.6. The summed E-state index contributed by atoms with van der Waals surface area (Å²) in [6, 6.07) is 0. The maximum Gasteiger partial charge on any atom is 0.334 e. The molecule has 0 saturated heterocycles. The highest BCUT2D eigenvalue weighted by Gasteiger charge is 2.06. The van der Waals surface area contributed by atoms with Gasteiger partial charge in [-0.1, -0.05) is 13.5 Å². The van der Waals surface area contributed by atoms with Gasteiger partial charge in [-0.05, 0) is 34.5 Å². The van der Waals surface area contributed by atoms with Gasteiger partial charge in [-0.2, -0.15) is 0 Å². The molecule has 0 spiro atoms. The molecule has 0 aliphatic carbocycles. The highest BCUT2D eigenvalue weighted by molar-refractivity contribution is 5.87. The molecule has 0 fully saturated rings. The molecule has 0 aliphatic rings. The first kappa shape index (κ1) is 19.9. The fourth-order valence-electron chi connectivity index (χ4n) is 0.321. The molecule has 0 aromatic carbocycles. The van der Waals surface area contributed by atoms with Crippen molar-refractivity contribution in [3.8, 4) is 0 Å². The second-order valence-electron chi connectivity index (χ2n) is 3.47. The molecule has 0 bridgehead atoms. The Kier molecular flexibility index (Phi) is 15.3. The number of halogens is 1. The molecule has 0 radical (unpaired) electrons. The Morgan fingerprint density at radius 2 is 1.80 bits per heavy atom. The lowest BCUT2D eigenvalue weighted by molar-refractivity contribution is -0.144. The minimum Gasteiger partial charge on any atom is -0.443 e. The Labute approximate surface area is 98.9 Å². The average molecular weight is 239 g/mol. The fourth-order valence-corrected chi connectivity index (χ4v) is 0.321. The number of hydrogen-bond acceptors (Lipinski definition) is 4. The van der Waals surface area contributed by atoms with Crippen molar-refractivity contribution < 1.29 is 9.53 Å². The number of rotatable bonds is 3. The standard InChI is InChI=1S/C7H13NO2.C3H9N.ClH/c1-4-6(8)10-7(9)5(2)3;1-4(2)3;/h6H,2,4,8H2,1,3H3;1-3H3;1H. The molecule has 1 atom stereocenters. The molecular formula is C10H23ClN2O2. The lowest BCUT2D eigenvalue weighted by Gasteiger charge is -2.09. The third kappa shape index (κ3) is 19.7. The third-order valence-electron chi connectivity index (χ3n) is 1.01. The maximum absolute atomic E-state index is 10.7. The summed E-state index contributed by atoms with van der Waals surface area (Å²) in [5, 5.41) is 0. The predicted octanol–water partition coefficient (Wildman–Crippen LogP) is 1.40. The lowest BCUT2D eigenvalue weighted by atomic mass is 10.3. The molecular weight excluding hydrogens is 216 g/mol. The monoisotopic (exact) mass is 238 g/mol. The zero-order valence-electron chi connectivity index (χ0n) is 10.2. The van der Waals surface area contributed by atoms with E-state index in [9.17, 15) is 4.79 Å². The van der Waals surface area contributed by atoms with E-state index in [1.54, 1.807) is 6.92 Å². The van der Waals surface area contributed by atoms with Crippen LogP contribution in [0.15, 0.2) is 12.2 Å². The Bertz CT molecular complexity index is 182. The van der Waals surface area contributed by atoms with E-state index in [4.69, 9.17) is 10.5 Å². The van der Waals surface area contributed by atoms with Crippen LogP contribution in [0.2, 0.25) is 0 Å². The summed E-state index contributed by atoms with van der Waals surface area (Å²) in [4.78, 5) is 12.7. The van der Waals surface area contributed by atoms with E-state index in [-0.39, 0.29) is 12.4 Å². The SMILES string of the molecule is C=C(C)C(=O)OC(N)CC.CN(C)C.Cl. The van der Waals surface area contributed by atoms with Gasteiger partial charge in [0.05, 0.1) is 0 Å². The van der Waals surface area contributed by atoms with Crippen LogP contribution < -0.4 is 5.73 Å². The smallest absolute Gasteiger partial charge is 0.334 e. The minimum atomic E-state index is -0.496. The minimum absolute atomic E-state index is 0. The van der Waals surface area contributed by atoms with Gasteiger partial charge in [-0.3, -0.25) is 5.73 Å². The van der Waals surface area contributed by atoms with Crippen molar-refractivity contribution in [2.75, 3.05) is 21.1 Å². The van der Waals surface area contributed by atoms with Gasteiger partial charge >= 0.3 is 5.97 Å². The van der Waals surface area contributed by atoms with Crippen LogP contribution in [0, 0.1) is 0 Å². The zero-order valence-corrected chi connectivity index (χ0v) is 11.1. The van der Waals surface area contributed by atoms with Crippen molar-refractivity contribution in [1.29, 1.82) is 0 Å². The number of nitrogens with zero attached hydrogens (tertiary/aromatic N) is 1. The predicted molar refractivity (Wildman–Crippen MR) is 66.0 cm³/mol. The first-order valence-electron chi connectivity index (χ1n) is 4.54. The second kappa shape index (κ2) is 11.5. The molecule has 15 heavy (non-hydrogen) atoms. The number of carbonyl (C=O) groups excluding carboxylic acids is 1. The topological polar surface area (TPSA) is 55.6 Å². The number of nitrogens with two attached hydrogens (primary N) is 1. The lowest BCUT2D eigenvalue weighted by Crippen LogP contribution is -2.26. The van der Waals surface area contributed by atoms with Crippen molar-refractivity contribution in [3.63, 3.8) is 0 Å². The van der Waals surface area contributed by atoms with Gasteiger partial charge in [-0.15, -0.1) is 12.4 Å². The molecule has 0 rings (SSSR count). The molecule has 0 aliphatic heterocycles. The van der Waals surface area contributed by atoms with E-state index in [1.165, 1.54) is 0 Å². The Hall–Kier alpha value is -0.580. The molecule has 0 saturated carbocycles. The van der Waals surface area contributed by atoms with Crippen LogP contribution in [-0.2, 0) is 9.53 Å². The molecule has 0 amide bonds. The number of ether oxygens (including phenoxy) is 1. The van der Waals surface area contributed by atoms with Crippen LogP contribution >= 0.6 is 12.4 Å². The summed E-state index contributed by atoms with van der Waals surface area (Å²) in [5.41, 5.74) is 5.71. The molecule has 1 unspecified atom stereocenters. The van der Waals surface area contributed by atoms with Crippen LogP contribution in [0.4, 0.5) is 0 Å². The van der Waals surface area contributed by atoms with Crippen LogP contribution in [0.5, 0.6) is 0 Å². The van der Waals surface area contributed by atoms with E-state index in [0.717, 1.165) is 0 Å². The van der Waals surface area contributed by atoms with Crippen LogP contribution in [0.3, 0.4) is 0 Å². The highest BCUT2D eigenvalue weighted by atomic mass is 35.5. The van der Waals surface area contributed by atoms with Gasteiger partial charge in [-0.25, -0.2) is 4.79 Å². The van der Waals surface area contributed by atoms with E-state index in [1.807, 2.05) is 33.0 Å². The summed E-state index contributed by atoms with van der Waals surface area (Å²) >= 11 is 0. The first-order chi connectivity index (χ1) is 6.31. The van der Waals surface area contributed by atoms with Crippen LogP contribution in [0.1, 0.15) is 20.3 Å². The van der Waals surface area contributed by atoms with Gasteiger partial charge in [0.2, 0.25) is 0 Å². The average Bonchev–Trinajstić information content (AvgIpc) is 2.02. The van der Waals surface area contributed by atoms with Crippen molar-refractivity contribution in [3.05, 3.63) is 12.2 Å². The van der Waals surface area contributed by atoms with Gasteiger partial charge < -0.3 is 9.64 Å². The Balaban J connectivity index is -0.000000249. The number of hydrogen-bond donors (Lipinski definition) is 1. The second-order valence-corrected chi connectivity index (χ2v) is 3.47. The molecule has 2 N–H and O–H groups in total.